The molecule has 2 saturated heterocycles. The average molecular weight is 268 g/mol. The van der Waals surface area contributed by atoms with Crippen molar-refractivity contribution in [1.29, 1.82) is 0 Å². The molecule has 2 N–H and O–H groups in total. The number of ether oxygens (including phenoxy) is 2. The fourth-order valence-electron chi connectivity index (χ4n) is 1.79. The van der Waals surface area contributed by atoms with Crippen LogP contribution in [0.15, 0.2) is 0 Å². The van der Waals surface area contributed by atoms with E-state index in [1.54, 1.807) is 0 Å². The van der Waals surface area contributed by atoms with Crippen molar-refractivity contribution < 1.29 is 28.5 Å². The zero-order chi connectivity index (χ0) is 13.5. The van der Waals surface area contributed by atoms with Crippen molar-refractivity contribution in [1.82, 2.24) is 0 Å². The molecule has 0 saturated carbocycles. The Kier molecular flexibility index (Phi) is 6.42. The molecule has 0 amide bonds. The summed E-state index contributed by atoms with van der Waals surface area (Å²) in [5, 5.41) is 17.0. The van der Waals surface area contributed by atoms with Crippen molar-refractivity contribution in [2.24, 2.45) is 0 Å². The summed E-state index contributed by atoms with van der Waals surface area (Å²) in [4.78, 5) is 0. The van der Waals surface area contributed by atoms with Gasteiger partial charge in [0.1, 0.15) is 11.3 Å². The van der Waals surface area contributed by atoms with Gasteiger partial charge < -0.3 is 19.7 Å². The van der Waals surface area contributed by atoms with Crippen LogP contribution in [0.4, 0.5) is 8.78 Å². The van der Waals surface area contributed by atoms with Crippen molar-refractivity contribution >= 4 is 0 Å². The maximum atomic E-state index is 13.0. The second-order valence-corrected chi connectivity index (χ2v) is 4.84. The van der Waals surface area contributed by atoms with Crippen LogP contribution in [0.2, 0.25) is 0 Å². The standard InChI is InChI=1S/2C6H11FO2/c2*7-6(5-8)1-3-9-4-2-6/h2*8H,1-5H2. The molecule has 2 aliphatic heterocycles. The predicted octanol–water partition coefficient (Wildman–Crippen LogP) is 0.995. The van der Waals surface area contributed by atoms with Crippen LogP contribution >= 0.6 is 0 Å². The Morgan fingerprint density at radius 1 is 0.722 bits per heavy atom. The Bertz CT molecular complexity index is 202. The van der Waals surface area contributed by atoms with Gasteiger partial charge in [-0.1, -0.05) is 0 Å². The van der Waals surface area contributed by atoms with Gasteiger partial charge in [0.15, 0.2) is 0 Å². The van der Waals surface area contributed by atoms with Crippen molar-refractivity contribution in [3.63, 3.8) is 0 Å². The molecule has 0 aliphatic carbocycles. The van der Waals surface area contributed by atoms with Crippen molar-refractivity contribution in [2.75, 3.05) is 39.6 Å². The molecule has 0 aromatic rings. The van der Waals surface area contributed by atoms with Crippen molar-refractivity contribution in [3.05, 3.63) is 0 Å². The normalized spacial score (nSPS) is 26.0. The van der Waals surface area contributed by atoms with E-state index in [-0.39, 0.29) is 13.2 Å². The van der Waals surface area contributed by atoms with Crippen LogP contribution in [0.1, 0.15) is 25.7 Å². The highest BCUT2D eigenvalue weighted by Crippen LogP contribution is 2.24. The van der Waals surface area contributed by atoms with Crippen LogP contribution in [0.3, 0.4) is 0 Å². The highest BCUT2D eigenvalue weighted by atomic mass is 19.1. The molecule has 18 heavy (non-hydrogen) atoms. The predicted molar refractivity (Wildman–Crippen MR) is 62.0 cm³/mol. The quantitative estimate of drug-likeness (QED) is 0.784. The second-order valence-electron chi connectivity index (χ2n) is 4.84. The first kappa shape index (κ1) is 15.8. The number of hydrogen-bond donors (Lipinski definition) is 2. The van der Waals surface area contributed by atoms with Crippen LogP contribution in [0.5, 0.6) is 0 Å². The summed E-state index contributed by atoms with van der Waals surface area (Å²) in [6.45, 7) is 1.04. The molecule has 0 aromatic heterocycles. The van der Waals surface area contributed by atoms with Gasteiger partial charge in [-0.2, -0.15) is 0 Å². The summed E-state index contributed by atoms with van der Waals surface area (Å²) >= 11 is 0. The minimum Gasteiger partial charge on any atom is -0.393 e. The third kappa shape index (κ3) is 5.14. The average Bonchev–Trinajstić information content (AvgIpc) is 2.41. The maximum Gasteiger partial charge on any atom is 0.138 e. The molecule has 2 heterocycles. The van der Waals surface area contributed by atoms with Crippen LogP contribution in [0.25, 0.3) is 0 Å². The lowest BCUT2D eigenvalue weighted by Gasteiger charge is -2.26. The lowest BCUT2D eigenvalue weighted by Crippen LogP contribution is -2.35. The van der Waals surface area contributed by atoms with Crippen LogP contribution < -0.4 is 0 Å². The van der Waals surface area contributed by atoms with E-state index in [1.807, 2.05) is 0 Å². The number of halogens is 2. The molecule has 0 atom stereocenters. The molecule has 108 valence electrons. The number of aliphatic hydroxyl groups excluding tert-OH is 2. The third-order valence-corrected chi connectivity index (χ3v) is 3.34. The van der Waals surface area contributed by atoms with E-state index in [2.05, 4.69) is 0 Å². The minimum absolute atomic E-state index is 0.337. The lowest BCUT2D eigenvalue weighted by atomic mass is 9.98. The maximum absolute atomic E-state index is 13.0. The molecule has 0 aromatic carbocycles. The van der Waals surface area contributed by atoms with Crippen LogP contribution in [-0.2, 0) is 9.47 Å². The number of rotatable bonds is 2. The molecular formula is C12H22F2O4. The fraction of sp³-hybridized carbons (Fsp3) is 1.00. The summed E-state index contributed by atoms with van der Waals surface area (Å²) in [5.74, 6) is 0. The summed E-state index contributed by atoms with van der Waals surface area (Å²) < 4.78 is 35.8. The van der Waals surface area contributed by atoms with E-state index < -0.39 is 11.3 Å². The molecule has 0 bridgehead atoms. The van der Waals surface area contributed by atoms with Gasteiger partial charge in [0.05, 0.1) is 13.2 Å². The molecule has 2 rings (SSSR count). The summed E-state index contributed by atoms with van der Waals surface area (Å²) in [7, 11) is 0. The SMILES string of the molecule is OCC1(F)CCOCC1.OCC1(F)CCOCC1. The topological polar surface area (TPSA) is 58.9 Å². The minimum atomic E-state index is -1.35. The van der Waals surface area contributed by atoms with E-state index >= 15 is 0 Å². The zero-order valence-electron chi connectivity index (χ0n) is 10.5. The van der Waals surface area contributed by atoms with Gasteiger partial charge in [0, 0.05) is 52.1 Å². The first-order chi connectivity index (χ1) is 8.54. The zero-order valence-corrected chi connectivity index (χ0v) is 10.5. The molecule has 6 heteroatoms. The van der Waals surface area contributed by atoms with Crippen LogP contribution in [-0.4, -0.2) is 61.2 Å². The molecule has 0 radical (unpaired) electrons. The van der Waals surface area contributed by atoms with Gasteiger partial charge in [0.2, 0.25) is 0 Å². The fourth-order valence-corrected chi connectivity index (χ4v) is 1.79. The van der Waals surface area contributed by atoms with Gasteiger partial charge >= 0.3 is 0 Å². The van der Waals surface area contributed by atoms with Crippen molar-refractivity contribution in [3.8, 4) is 0 Å². The smallest absolute Gasteiger partial charge is 0.138 e. The Balaban J connectivity index is 0.000000180. The number of hydrogen-bond acceptors (Lipinski definition) is 4. The Labute approximate surface area is 106 Å². The van der Waals surface area contributed by atoms with Gasteiger partial charge in [-0.25, -0.2) is 8.78 Å². The van der Waals surface area contributed by atoms with E-state index in [0.29, 0.717) is 52.1 Å². The highest BCUT2D eigenvalue weighted by Gasteiger charge is 2.31. The molecule has 0 spiro atoms. The number of alkyl halides is 2. The van der Waals surface area contributed by atoms with E-state index in [4.69, 9.17) is 19.7 Å². The highest BCUT2D eigenvalue weighted by molar-refractivity contribution is 4.80. The van der Waals surface area contributed by atoms with E-state index in [1.165, 1.54) is 0 Å². The van der Waals surface area contributed by atoms with E-state index in [0.717, 1.165) is 0 Å². The Morgan fingerprint density at radius 2 is 1.00 bits per heavy atom. The Hall–Kier alpha value is -0.300. The largest absolute Gasteiger partial charge is 0.393 e. The van der Waals surface area contributed by atoms with Crippen molar-refractivity contribution in [2.45, 2.75) is 37.0 Å². The van der Waals surface area contributed by atoms with Gasteiger partial charge in [0.25, 0.3) is 0 Å². The molecular weight excluding hydrogens is 246 g/mol. The Morgan fingerprint density at radius 3 is 1.17 bits per heavy atom. The molecule has 2 aliphatic rings. The van der Waals surface area contributed by atoms with Crippen LogP contribution in [0, 0.1) is 0 Å². The molecule has 4 nitrogen and oxygen atoms in total. The van der Waals surface area contributed by atoms with Gasteiger partial charge in [-0.3, -0.25) is 0 Å². The summed E-state index contributed by atoms with van der Waals surface area (Å²) in [6, 6.07) is 0. The first-order valence-electron chi connectivity index (χ1n) is 6.29. The van der Waals surface area contributed by atoms with Gasteiger partial charge in [-0.15, -0.1) is 0 Å². The second kappa shape index (κ2) is 7.33. The lowest BCUT2D eigenvalue weighted by molar-refractivity contribution is -0.0382. The first-order valence-corrected chi connectivity index (χ1v) is 6.29. The molecule has 2 fully saturated rings. The summed E-state index contributed by atoms with van der Waals surface area (Å²) in [6.07, 6.45) is 1.35. The number of aliphatic hydroxyl groups is 2. The van der Waals surface area contributed by atoms with E-state index in [9.17, 15) is 8.78 Å². The molecule has 0 unspecified atom stereocenters. The monoisotopic (exact) mass is 268 g/mol. The third-order valence-electron chi connectivity index (χ3n) is 3.34. The van der Waals surface area contributed by atoms with Gasteiger partial charge in [-0.05, 0) is 0 Å². The summed E-state index contributed by atoms with van der Waals surface area (Å²) in [5.41, 5.74) is -2.70.